The number of benzene rings is 1. The molecule has 0 saturated heterocycles. The van der Waals surface area contributed by atoms with Crippen molar-refractivity contribution >= 4 is 5.97 Å². The Morgan fingerprint density at radius 3 is 2.64 bits per heavy atom. The fraction of sp³-hybridized carbons (Fsp3) is 0.222. The molecule has 0 aliphatic carbocycles. The van der Waals surface area contributed by atoms with Gasteiger partial charge in [0.2, 0.25) is 0 Å². The molecule has 0 aliphatic heterocycles. The standard InChI is InChI=1S/C9H11FN2O2/c10-7-3-5(9(13)14)1-2-6(7)8(12)4-11/h1-3,8H,4,11-12H2,(H,13,14). The molecule has 0 fully saturated rings. The van der Waals surface area contributed by atoms with Gasteiger partial charge in [0.25, 0.3) is 0 Å². The molecule has 1 aromatic rings. The Morgan fingerprint density at radius 1 is 1.57 bits per heavy atom. The first-order valence-electron chi connectivity index (χ1n) is 4.04. The number of hydrogen-bond acceptors (Lipinski definition) is 3. The summed E-state index contributed by atoms with van der Waals surface area (Å²) in [4.78, 5) is 10.5. The van der Waals surface area contributed by atoms with Crippen LogP contribution >= 0.6 is 0 Å². The number of carboxylic acids is 1. The number of nitrogens with two attached hydrogens (primary N) is 2. The lowest BCUT2D eigenvalue weighted by atomic mass is 10.0. The number of rotatable bonds is 3. The van der Waals surface area contributed by atoms with Crippen molar-refractivity contribution in [1.82, 2.24) is 0 Å². The molecule has 0 amide bonds. The molecule has 0 bridgehead atoms. The molecule has 0 spiro atoms. The van der Waals surface area contributed by atoms with Gasteiger partial charge in [-0.05, 0) is 12.1 Å². The second kappa shape index (κ2) is 4.17. The quantitative estimate of drug-likeness (QED) is 0.659. The lowest BCUT2D eigenvalue weighted by Gasteiger charge is -2.10. The van der Waals surface area contributed by atoms with Gasteiger partial charge in [0.15, 0.2) is 0 Å². The third-order valence-corrected chi connectivity index (χ3v) is 1.90. The first kappa shape index (κ1) is 10.6. The van der Waals surface area contributed by atoms with Crippen molar-refractivity contribution < 1.29 is 14.3 Å². The summed E-state index contributed by atoms with van der Waals surface area (Å²) < 4.78 is 13.2. The Labute approximate surface area is 80.3 Å². The molecule has 0 aromatic heterocycles. The molecule has 0 radical (unpaired) electrons. The lowest BCUT2D eigenvalue weighted by molar-refractivity contribution is 0.0696. The lowest BCUT2D eigenvalue weighted by Crippen LogP contribution is -2.22. The van der Waals surface area contributed by atoms with Gasteiger partial charge in [-0.2, -0.15) is 0 Å². The van der Waals surface area contributed by atoms with Gasteiger partial charge in [-0.15, -0.1) is 0 Å². The van der Waals surface area contributed by atoms with Crippen LogP contribution in [0.15, 0.2) is 18.2 Å². The van der Waals surface area contributed by atoms with E-state index in [9.17, 15) is 9.18 Å². The molecular formula is C9H11FN2O2. The largest absolute Gasteiger partial charge is 0.478 e. The maximum atomic E-state index is 13.2. The number of carbonyl (C=O) groups is 1. The van der Waals surface area contributed by atoms with E-state index in [1.165, 1.54) is 12.1 Å². The van der Waals surface area contributed by atoms with Crippen LogP contribution in [0.1, 0.15) is 22.0 Å². The van der Waals surface area contributed by atoms with Crippen molar-refractivity contribution in [3.8, 4) is 0 Å². The molecule has 0 saturated carbocycles. The maximum absolute atomic E-state index is 13.2. The fourth-order valence-electron chi connectivity index (χ4n) is 1.09. The fourth-order valence-corrected chi connectivity index (χ4v) is 1.09. The minimum absolute atomic E-state index is 0.101. The molecule has 5 N–H and O–H groups in total. The van der Waals surface area contributed by atoms with Crippen LogP contribution in [0.2, 0.25) is 0 Å². The van der Waals surface area contributed by atoms with Crippen molar-refractivity contribution in [3.05, 3.63) is 35.1 Å². The van der Waals surface area contributed by atoms with Gasteiger partial charge in [0.1, 0.15) is 5.82 Å². The second-order valence-electron chi connectivity index (χ2n) is 2.88. The van der Waals surface area contributed by atoms with Gasteiger partial charge < -0.3 is 16.6 Å². The summed E-state index contributed by atoms with van der Waals surface area (Å²) in [6.45, 7) is 0.114. The predicted molar refractivity (Wildman–Crippen MR) is 49.3 cm³/mol. The van der Waals surface area contributed by atoms with Gasteiger partial charge >= 0.3 is 5.97 Å². The molecule has 14 heavy (non-hydrogen) atoms. The zero-order chi connectivity index (χ0) is 10.7. The van der Waals surface area contributed by atoms with Crippen LogP contribution in [0.4, 0.5) is 4.39 Å². The van der Waals surface area contributed by atoms with E-state index in [2.05, 4.69) is 0 Å². The van der Waals surface area contributed by atoms with Crippen LogP contribution in [0.3, 0.4) is 0 Å². The van der Waals surface area contributed by atoms with E-state index in [0.717, 1.165) is 6.07 Å². The molecule has 76 valence electrons. The molecular weight excluding hydrogens is 187 g/mol. The van der Waals surface area contributed by atoms with Crippen molar-refractivity contribution in [3.63, 3.8) is 0 Å². The molecule has 0 aliphatic rings. The Morgan fingerprint density at radius 2 is 2.21 bits per heavy atom. The van der Waals surface area contributed by atoms with Crippen LogP contribution in [0.25, 0.3) is 0 Å². The highest BCUT2D eigenvalue weighted by Gasteiger charge is 2.12. The summed E-state index contributed by atoms with van der Waals surface area (Å²) in [7, 11) is 0. The Bertz CT molecular complexity index is 355. The van der Waals surface area contributed by atoms with E-state index in [-0.39, 0.29) is 17.7 Å². The highest BCUT2D eigenvalue weighted by Crippen LogP contribution is 2.15. The van der Waals surface area contributed by atoms with E-state index in [1.807, 2.05) is 0 Å². The predicted octanol–water partition coefficient (Wildman–Crippen LogP) is 0.482. The maximum Gasteiger partial charge on any atom is 0.335 e. The summed E-state index contributed by atoms with van der Waals surface area (Å²) in [5.41, 5.74) is 10.9. The van der Waals surface area contributed by atoms with Crippen LogP contribution < -0.4 is 11.5 Å². The van der Waals surface area contributed by atoms with E-state index in [4.69, 9.17) is 16.6 Å². The summed E-state index contributed by atoms with van der Waals surface area (Å²) in [6.07, 6.45) is 0. The highest BCUT2D eigenvalue weighted by molar-refractivity contribution is 5.87. The van der Waals surface area contributed by atoms with Crippen LogP contribution in [0.5, 0.6) is 0 Å². The number of aromatic carboxylic acids is 1. The number of hydrogen-bond donors (Lipinski definition) is 3. The first-order valence-corrected chi connectivity index (χ1v) is 4.04. The summed E-state index contributed by atoms with van der Waals surface area (Å²) in [5.74, 6) is -1.81. The normalized spacial score (nSPS) is 12.5. The Kier molecular flexibility index (Phi) is 3.16. The highest BCUT2D eigenvalue weighted by atomic mass is 19.1. The molecule has 5 heteroatoms. The first-order chi connectivity index (χ1) is 6.56. The van der Waals surface area contributed by atoms with Crippen molar-refractivity contribution in [2.24, 2.45) is 11.5 Å². The zero-order valence-corrected chi connectivity index (χ0v) is 7.40. The smallest absolute Gasteiger partial charge is 0.335 e. The molecule has 1 rings (SSSR count). The van der Waals surface area contributed by atoms with Crippen LogP contribution in [0, 0.1) is 5.82 Å². The molecule has 1 atom stereocenters. The number of halogens is 1. The van der Waals surface area contributed by atoms with Crippen LogP contribution in [-0.4, -0.2) is 17.6 Å². The van der Waals surface area contributed by atoms with Gasteiger partial charge in [-0.3, -0.25) is 0 Å². The summed E-state index contributed by atoms with van der Waals surface area (Å²) in [6, 6.07) is 2.98. The average molecular weight is 198 g/mol. The Balaban J connectivity index is 3.07. The summed E-state index contributed by atoms with van der Waals surface area (Å²) in [5, 5.41) is 8.57. The van der Waals surface area contributed by atoms with Gasteiger partial charge in [0.05, 0.1) is 5.56 Å². The molecule has 4 nitrogen and oxygen atoms in total. The monoisotopic (exact) mass is 198 g/mol. The van der Waals surface area contributed by atoms with Crippen molar-refractivity contribution in [2.45, 2.75) is 6.04 Å². The van der Waals surface area contributed by atoms with E-state index >= 15 is 0 Å². The van der Waals surface area contributed by atoms with E-state index in [1.54, 1.807) is 0 Å². The zero-order valence-electron chi connectivity index (χ0n) is 7.40. The third-order valence-electron chi connectivity index (χ3n) is 1.90. The van der Waals surface area contributed by atoms with E-state index < -0.39 is 17.8 Å². The van der Waals surface area contributed by atoms with Crippen LogP contribution in [-0.2, 0) is 0 Å². The molecule has 1 unspecified atom stereocenters. The molecule has 0 heterocycles. The van der Waals surface area contributed by atoms with Gasteiger partial charge in [0, 0.05) is 18.2 Å². The third kappa shape index (κ3) is 2.07. The van der Waals surface area contributed by atoms with Gasteiger partial charge in [-0.1, -0.05) is 6.07 Å². The minimum atomic E-state index is -1.17. The molecule has 1 aromatic carbocycles. The average Bonchev–Trinajstić information content (AvgIpc) is 2.16. The van der Waals surface area contributed by atoms with E-state index in [0.29, 0.717) is 0 Å². The van der Waals surface area contributed by atoms with Crippen molar-refractivity contribution in [2.75, 3.05) is 6.54 Å². The Hall–Kier alpha value is -1.46. The van der Waals surface area contributed by atoms with Gasteiger partial charge in [-0.25, -0.2) is 9.18 Å². The second-order valence-corrected chi connectivity index (χ2v) is 2.88. The minimum Gasteiger partial charge on any atom is -0.478 e. The summed E-state index contributed by atoms with van der Waals surface area (Å²) >= 11 is 0. The van der Waals surface area contributed by atoms with Crippen molar-refractivity contribution in [1.29, 1.82) is 0 Å². The topological polar surface area (TPSA) is 89.3 Å². The number of carboxylic acid groups (broad SMARTS) is 1. The SMILES string of the molecule is NCC(N)c1ccc(C(=O)O)cc1F.